The van der Waals surface area contributed by atoms with Crippen LogP contribution in [0.1, 0.15) is 25.3 Å². The maximum absolute atomic E-state index is 6.00. The number of nitrogens with zero attached hydrogens (tertiary/aromatic N) is 1. The predicted octanol–water partition coefficient (Wildman–Crippen LogP) is 2.25. The van der Waals surface area contributed by atoms with Crippen LogP contribution in [0.3, 0.4) is 0 Å². The molecular formula is C13H22N2. The Labute approximate surface area is 93.1 Å². The average molecular weight is 206 g/mol. The number of hydrogen-bond acceptors (Lipinski definition) is 2. The molecule has 0 amide bonds. The van der Waals surface area contributed by atoms with Crippen LogP contribution < -0.4 is 5.73 Å². The zero-order chi connectivity index (χ0) is 11.1. The third-order valence-corrected chi connectivity index (χ3v) is 2.50. The summed E-state index contributed by atoms with van der Waals surface area (Å²) in [5.74, 6) is 0. The van der Waals surface area contributed by atoms with E-state index in [2.05, 4.69) is 43.1 Å². The van der Waals surface area contributed by atoms with Crippen LogP contribution in [0.25, 0.3) is 0 Å². The number of likely N-dealkylation sites (N-methyl/N-ethyl adjacent to an activating group) is 1. The Hall–Kier alpha value is -0.860. The molecule has 0 bridgehead atoms. The molecule has 1 aromatic carbocycles. The van der Waals surface area contributed by atoms with Crippen molar-refractivity contribution in [3.05, 3.63) is 35.9 Å². The molecule has 15 heavy (non-hydrogen) atoms. The molecule has 2 heteroatoms. The van der Waals surface area contributed by atoms with E-state index in [1.807, 2.05) is 6.07 Å². The van der Waals surface area contributed by atoms with Gasteiger partial charge in [0.1, 0.15) is 0 Å². The Morgan fingerprint density at radius 2 is 1.93 bits per heavy atom. The summed E-state index contributed by atoms with van der Waals surface area (Å²) >= 11 is 0. The van der Waals surface area contributed by atoms with Crippen LogP contribution in [-0.4, -0.2) is 24.5 Å². The van der Waals surface area contributed by atoms with Gasteiger partial charge in [0.2, 0.25) is 0 Å². The van der Waals surface area contributed by atoms with E-state index in [-0.39, 0.29) is 0 Å². The minimum Gasteiger partial charge on any atom is -0.327 e. The smallest absolute Gasteiger partial charge is 0.0231 e. The van der Waals surface area contributed by atoms with E-state index < -0.39 is 0 Å². The summed E-state index contributed by atoms with van der Waals surface area (Å²) in [5.41, 5.74) is 7.35. The molecule has 0 aliphatic heterocycles. The van der Waals surface area contributed by atoms with Crippen molar-refractivity contribution < 1.29 is 0 Å². The van der Waals surface area contributed by atoms with Crippen LogP contribution in [0, 0.1) is 0 Å². The van der Waals surface area contributed by atoms with Crippen molar-refractivity contribution >= 4 is 0 Å². The van der Waals surface area contributed by atoms with E-state index in [0.717, 1.165) is 19.5 Å². The molecule has 0 aliphatic carbocycles. The third kappa shape index (κ3) is 4.96. The van der Waals surface area contributed by atoms with Crippen LogP contribution in [-0.2, 0) is 6.54 Å². The minimum atomic E-state index is 0.309. The van der Waals surface area contributed by atoms with Gasteiger partial charge >= 0.3 is 0 Å². The average Bonchev–Trinajstić information content (AvgIpc) is 2.19. The number of nitrogens with two attached hydrogens (primary N) is 1. The van der Waals surface area contributed by atoms with Gasteiger partial charge in [-0.2, -0.15) is 0 Å². The van der Waals surface area contributed by atoms with Gasteiger partial charge in [-0.25, -0.2) is 0 Å². The number of benzene rings is 1. The molecule has 0 heterocycles. The van der Waals surface area contributed by atoms with Crippen LogP contribution in [0.5, 0.6) is 0 Å². The van der Waals surface area contributed by atoms with Crippen molar-refractivity contribution in [2.45, 2.75) is 32.4 Å². The van der Waals surface area contributed by atoms with Gasteiger partial charge < -0.3 is 10.6 Å². The van der Waals surface area contributed by atoms with Gasteiger partial charge in [0.25, 0.3) is 0 Å². The monoisotopic (exact) mass is 206 g/mol. The van der Waals surface area contributed by atoms with E-state index in [9.17, 15) is 0 Å². The second-order valence-corrected chi connectivity index (χ2v) is 4.23. The minimum absolute atomic E-state index is 0.309. The molecule has 1 aromatic rings. The van der Waals surface area contributed by atoms with E-state index in [1.54, 1.807) is 0 Å². The Morgan fingerprint density at radius 1 is 1.27 bits per heavy atom. The van der Waals surface area contributed by atoms with Crippen molar-refractivity contribution in [3.8, 4) is 0 Å². The van der Waals surface area contributed by atoms with Crippen molar-refractivity contribution in [1.29, 1.82) is 0 Å². The fourth-order valence-electron chi connectivity index (χ4n) is 1.82. The van der Waals surface area contributed by atoms with Gasteiger partial charge in [0, 0.05) is 19.1 Å². The van der Waals surface area contributed by atoms with Crippen molar-refractivity contribution in [3.63, 3.8) is 0 Å². The van der Waals surface area contributed by atoms with Crippen molar-refractivity contribution in [1.82, 2.24) is 4.90 Å². The topological polar surface area (TPSA) is 29.3 Å². The lowest BCUT2D eigenvalue weighted by atomic mass is 10.1. The van der Waals surface area contributed by atoms with Gasteiger partial charge in [0.05, 0.1) is 0 Å². The highest BCUT2D eigenvalue weighted by molar-refractivity contribution is 5.14. The molecule has 0 saturated carbocycles. The third-order valence-electron chi connectivity index (χ3n) is 2.50. The van der Waals surface area contributed by atoms with Gasteiger partial charge in [-0.1, -0.05) is 43.7 Å². The highest BCUT2D eigenvalue weighted by atomic mass is 15.1. The van der Waals surface area contributed by atoms with Crippen LogP contribution in [0.15, 0.2) is 30.3 Å². The van der Waals surface area contributed by atoms with Crippen LogP contribution in [0.2, 0.25) is 0 Å². The van der Waals surface area contributed by atoms with E-state index in [0.29, 0.717) is 6.04 Å². The summed E-state index contributed by atoms with van der Waals surface area (Å²) in [6.45, 7) is 4.14. The summed E-state index contributed by atoms with van der Waals surface area (Å²) in [6, 6.07) is 10.8. The number of rotatable bonds is 6. The predicted molar refractivity (Wildman–Crippen MR) is 65.7 cm³/mol. The fourth-order valence-corrected chi connectivity index (χ4v) is 1.82. The second-order valence-electron chi connectivity index (χ2n) is 4.23. The molecule has 0 radical (unpaired) electrons. The maximum Gasteiger partial charge on any atom is 0.0231 e. The number of hydrogen-bond donors (Lipinski definition) is 1. The molecule has 2 N–H and O–H groups in total. The normalized spacial score (nSPS) is 13.1. The Kier molecular flexibility index (Phi) is 5.37. The molecular weight excluding hydrogens is 184 g/mol. The van der Waals surface area contributed by atoms with E-state index >= 15 is 0 Å². The van der Waals surface area contributed by atoms with Gasteiger partial charge in [-0.3, -0.25) is 0 Å². The zero-order valence-corrected chi connectivity index (χ0v) is 9.82. The van der Waals surface area contributed by atoms with E-state index in [4.69, 9.17) is 5.73 Å². The maximum atomic E-state index is 6.00. The van der Waals surface area contributed by atoms with Gasteiger partial charge in [-0.05, 0) is 19.0 Å². The van der Waals surface area contributed by atoms with Crippen LogP contribution in [0.4, 0.5) is 0 Å². The first kappa shape index (κ1) is 12.2. The van der Waals surface area contributed by atoms with Gasteiger partial charge in [0.15, 0.2) is 0 Å². The van der Waals surface area contributed by atoms with Crippen molar-refractivity contribution in [2.24, 2.45) is 5.73 Å². The lowest BCUT2D eigenvalue weighted by Gasteiger charge is -2.20. The Morgan fingerprint density at radius 3 is 2.53 bits per heavy atom. The molecule has 0 saturated heterocycles. The first-order chi connectivity index (χ1) is 7.22. The molecule has 0 fully saturated rings. The second kappa shape index (κ2) is 6.59. The molecule has 0 aliphatic rings. The fraction of sp³-hybridized carbons (Fsp3) is 0.538. The first-order valence-electron chi connectivity index (χ1n) is 5.70. The highest BCUT2D eigenvalue weighted by Crippen LogP contribution is 2.04. The Balaban J connectivity index is 2.33. The molecule has 84 valence electrons. The van der Waals surface area contributed by atoms with Gasteiger partial charge in [-0.15, -0.1) is 0 Å². The first-order valence-corrected chi connectivity index (χ1v) is 5.70. The molecule has 2 nitrogen and oxygen atoms in total. The highest BCUT2D eigenvalue weighted by Gasteiger charge is 2.05. The SMILES string of the molecule is CCCC(N)CN(C)Cc1ccccc1. The largest absolute Gasteiger partial charge is 0.327 e. The molecule has 1 atom stereocenters. The van der Waals surface area contributed by atoms with E-state index in [1.165, 1.54) is 12.0 Å². The summed E-state index contributed by atoms with van der Waals surface area (Å²) in [7, 11) is 2.13. The summed E-state index contributed by atoms with van der Waals surface area (Å²) < 4.78 is 0. The van der Waals surface area contributed by atoms with Crippen molar-refractivity contribution in [2.75, 3.05) is 13.6 Å². The lowest BCUT2D eigenvalue weighted by Crippen LogP contribution is -2.34. The standard InChI is InChI=1S/C13H22N2/c1-3-7-13(14)11-15(2)10-12-8-5-4-6-9-12/h4-6,8-9,13H,3,7,10-11,14H2,1-2H3. The summed E-state index contributed by atoms with van der Waals surface area (Å²) in [5, 5.41) is 0. The Bertz CT molecular complexity index is 258. The summed E-state index contributed by atoms with van der Waals surface area (Å²) in [4.78, 5) is 2.29. The summed E-state index contributed by atoms with van der Waals surface area (Å²) in [6.07, 6.45) is 2.28. The molecule has 0 spiro atoms. The molecule has 0 aromatic heterocycles. The quantitative estimate of drug-likeness (QED) is 0.773. The zero-order valence-electron chi connectivity index (χ0n) is 9.82. The van der Waals surface area contributed by atoms with Crippen LogP contribution >= 0.6 is 0 Å². The molecule has 1 rings (SSSR count). The lowest BCUT2D eigenvalue weighted by molar-refractivity contribution is 0.297. The molecule has 1 unspecified atom stereocenters.